The quantitative estimate of drug-likeness (QED) is 0.633. The number of benzene rings is 2. The summed E-state index contributed by atoms with van der Waals surface area (Å²) in [5.41, 5.74) is 2.12. The van der Waals surface area contributed by atoms with E-state index < -0.39 is 6.04 Å². The van der Waals surface area contributed by atoms with Crippen molar-refractivity contribution in [2.45, 2.75) is 57.9 Å². The highest BCUT2D eigenvalue weighted by Crippen LogP contribution is 2.31. The van der Waals surface area contributed by atoms with E-state index in [9.17, 15) is 19.2 Å². The summed E-state index contributed by atoms with van der Waals surface area (Å²) >= 11 is 0. The molecule has 0 bridgehead atoms. The third-order valence-corrected chi connectivity index (χ3v) is 6.67. The van der Waals surface area contributed by atoms with Crippen LogP contribution >= 0.6 is 0 Å². The zero-order valence-corrected chi connectivity index (χ0v) is 19.5. The van der Waals surface area contributed by atoms with Crippen LogP contribution in [-0.4, -0.2) is 41.1 Å². The monoisotopic (exact) mass is 461 g/mol. The molecule has 1 atom stereocenters. The molecule has 4 amide bonds. The van der Waals surface area contributed by atoms with Crippen LogP contribution in [0.4, 0.5) is 11.4 Å². The van der Waals surface area contributed by atoms with Crippen molar-refractivity contribution in [1.82, 2.24) is 4.90 Å². The molecule has 1 aliphatic heterocycles. The Morgan fingerprint density at radius 3 is 2.29 bits per heavy atom. The van der Waals surface area contributed by atoms with Crippen LogP contribution in [0.25, 0.3) is 0 Å². The third-order valence-electron chi connectivity index (χ3n) is 6.67. The highest BCUT2D eigenvalue weighted by molar-refractivity contribution is 6.23. The van der Waals surface area contributed by atoms with E-state index in [1.807, 2.05) is 30.3 Å². The summed E-state index contributed by atoms with van der Waals surface area (Å²) in [6.45, 7) is 1.82. The van der Waals surface area contributed by atoms with E-state index in [0.717, 1.165) is 37.7 Å². The van der Waals surface area contributed by atoms with Gasteiger partial charge in [-0.05, 0) is 49.1 Å². The van der Waals surface area contributed by atoms with Crippen molar-refractivity contribution in [1.29, 1.82) is 0 Å². The lowest BCUT2D eigenvalue weighted by molar-refractivity contribution is -0.142. The molecule has 2 aromatic carbocycles. The van der Waals surface area contributed by atoms with Crippen LogP contribution in [0.3, 0.4) is 0 Å². The number of nitrogens with one attached hydrogen (secondary N) is 1. The van der Waals surface area contributed by atoms with Gasteiger partial charge in [0.25, 0.3) is 5.91 Å². The highest BCUT2D eigenvalue weighted by Gasteiger charge is 2.45. The first-order valence-electron chi connectivity index (χ1n) is 12.0. The smallest absolute Gasteiger partial charge is 0.257 e. The topological polar surface area (TPSA) is 86.8 Å². The number of rotatable bonds is 7. The maximum atomic E-state index is 13.6. The molecule has 0 spiro atoms. The molecule has 2 aliphatic rings. The Hall–Kier alpha value is -3.48. The van der Waals surface area contributed by atoms with Crippen LogP contribution < -0.4 is 10.2 Å². The lowest BCUT2D eigenvalue weighted by Crippen LogP contribution is -2.48. The van der Waals surface area contributed by atoms with Crippen LogP contribution in [0, 0.1) is 5.92 Å². The second-order valence-electron chi connectivity index (χ2n) is 9.12. The van der Waals surface area contributed by atoms with E-state index in [1.54, 1.807) is 29.2 Å². The van der Waals surface area contributed by atoms with E-state index in [1.165, 1.54) is 11.8 Å². The maximum absolute atomic E-state index is 13.6. The van der Waals surface area contributed by atoms with Gasteiger partial charge in [-0.2, -0.15) is 0 Å². The van der Waals surface area contributed by atoms with Gasteiger partial charge in [-0.1, -0.05) is 49.6 Å². The van der Waals surface area contributed by atoms with Gasteiger partial charge < -0.3 is 10.2 Å². The van der Waals surface area contributed by atoms with Crippen LogP contribution in [-0.2, 0) is 25.6 Å². The summed E-state index contributed by atoms with van der Waals surface area (Å²) < 4.78 is 0. The number of amides is 4. The van der Waals surface area contributed by atoms with Gasteiger partial charge >= 0.3 is 0 Å². The SMILES string of the molecule is CC(=O)Nc1ccc(N2C(=O)CC(N(CCc3ccccc3)C(=O)C3CCCCC3)C2=O)cc1. The number of carbonyl (C=O) groups excluding carboxylic acids is 4. The molecule has 1 aliphatic carbocycles. The fourth-order valence-electron chi connectivity index (χ4n) is 4.93. The predicted octanol–water partition coefficient (Wildman–Crippen LogP) is 3.93. The summed E-state index contributed by atoms with van der Waals surface area (Å²) in [5, 5.41) is 2.68. The second kappa shape index (κ2) is 10.6. The Morgan fingerprint density at radius 1 is 0.971 bits per heavy atom. The first-order valence-corrected chi connectivity index (χ1v) is 12.0. The Kier molecular flexibility index (Phi) is 7.40. The lowest BCUT2D eigenvalue weighted by atomic mass is 9.87. The van der Waals surface area contributed by atoms with Gasteiger partial charge in [0.15, 0.2) is 0 Å². The van der Waals surface area contributed by atoms with E-state index in [-0.39, 0.29) is 36.0 Å². The first kappa shape index (κ1) is 23.7. The minimum atomic E-state index is -0.791. The summed E-state index contributed by atoms with van der Waals surface area (Å²) in [7, 11) is 0. The first-order chi connectivity index (χ1) is 16.4. The second-order valence-corrected chi connectivity index (χ2v) is 9.12. The van der Waals surface area contributed by atoms with Crippen molar-refractivity contribution >= 4 is 35.0 Å². The van der Waals surface area contributed by atoms with Gasteiger partial charge in [0.2, 0.25) is 17.7 Å². The van der Waals surface area contributed by atoms with Crippen molar-refractivity contribution < 1.29 is 19.2 Å². The van der Waals surface area contributed by atoms with Crippen LogP contribution in [0.5, 0.6) is 0 Å². The number of imide groups is 1. The zero-order chi connectivity index (χ0) is 24.1. The number of nitrogens with zero attached hydrogens (tertiary/aromatic N) is 2. The average molecular weight is 462 g/mol. The molecule has 0 aromatic heterocycles. The van der Waals surface area contributed by atoms with Crippen molar-refractivity contribution in [3.05, 3.63) is 60.2 Å². The fraction of sp³-hybridized carbons (Fsp3) is 0.407. The zero-order valence-electron chi connectivity index (χ0n) is 19.5. The normalized spacial score (nSPS) is 18.7. The molecule has 2 aromatic rings. The Labute approximate surface area is 200 Å². The van der Waals surface area contributed by atoms with Crippen molar-refractivity contribution in [2.24, 2.45) is 5.92 Å². The highest BCUT2D eigenvalue weighted by atomic mass is 16.2. The molecule has 178 valence electrons. The molecule has 1 saturated carbocycles. The van der Waals surface area contributed by atoms with E-state index in [0.29, 0.717) is 24.3 Å². The molecule has 34 heavy (non-hydrogen) atoms. The van der Waals surface area contributed by atoms with Crippen LogP contribution in [0.15, 0.2) is 54.6 Å². The molecule has 1 unspecified atom stereocenters. The summed E-state index contributed by atoms with van der Waals surface area (Å²) in [6.07, 6.45) is 5.47. The Morgan fingerprint density at radius 2 is 1.65 bits per heavy atom. The summed E-state index contributed by atoms with van der Waals surface area (Å²) in [5.74, 6) is -0.975. The lowest BCUT2D eigenvalue weighted by Gasteiger charge is -2.32. The number of hydrogen-bond donors (Lipinski definition) is 1. The third kappa shape index (κ3) is 5.35. The number of anilines is 2. The van der Waals surface area contributed by atoms with E-state index in [4.69, 9.17) is 0 Å². The van der Waals surface area contributed by atoms with Crippen molar-refractivity contribution in [3.63, 3.8) is 0 Å². The maximum Gasteiger partial charge on any atom is 0.257 e. The predicted molar refractivity (Wildman–Crippen MR) is 130 cm³/mol. The van der Waals surface area contributed by atoms with Crippen molar-refractivity contribution in [3.8, 4) is 0 Å². The van der Waals surface area contributed by atoms with Gasteiger partial charge in [-0.3, -0.25) is 19.2 Å². The van der Waals surface area contributed by atoms with Crippen LogP contribution in [0.1, 0.15) is 51.0 Å². The molecule has 0 radical (unpaired) electrons. The Balaban J connectivity index is 1.55. The Bertz CT molecular complexity index is 1050. The minimum absolute atomic E-state index is 0.00960. The largest absolute Gasteiger partial charge is 0.330 e. The average Bonchev–Trinajstić information content (AvgIpc) is 3.14. The molecule has 1 heterocycles. The summed E-state index contributed by atoms with van der Waals surface area (Å²) in [6, 6.07) is 15.7. The number of carbonyl (C=O) groups is 4. The molecular formula is C27H31N3O4. The number of hydrogen-bond acceptors (Lipinski definition) is 4. The van der Waals surface area contributed by atoms with Gasteiger partial charge in [0, 0.05) is 25.1 Å². The molecule has 4 rings (SSSR count). The molecule has 1 saturated heterocycles. The van der Waals surface area contributed by atoms with Gasteiger partial charge in [0.05, 0.1) is 12.1 Å². The van der Waals surface area contributed by atoms with Gasteiger partial charge in [-0.25, -0.2) is 4.90 Å². The molecule has 7 nitrogen and oxygen atoms in total. The minimum Gasteiger partial charge on any atom is -0.330 e. The molecule has 2 fully saturated rings. The van der Waals surface area contributed by atoms with Gasteiger partial charge in [0.1, 0.15) is 6.04 Å². The van der Waals surface area contributed by atoms with Crippen molar-refractivity contribution in [2.75, 3.05) is 16.8 Å². The molecule has 1 N–H and O–H groups in total. The standard InChI is InChI=1S/C27H31N3O4/c1-19(31)28-22-12-14-23(15-13-22)30-25(32)18-24(27(30)34)29(17-16-20-8-4-2-5-9-20)26(33)21-10-6-3-7-11-21/h2,4-5,8-9,12-15,21,24H,3,6-7,10-11,16-18H2,1H3,(H,28,31). The van der Waals surface area contributed by atoms with Crippen LogP contribution in [0.2, 0.25) is 0 Å². The van der Waals surface area contributed by atoms with E-state index >= 15 is 0 Å². The van der Waals surface area contributed by atoms with E-state index in [2.05, 4.69) is 5.32 Å². The molecular weight excluding hydrogens is 430 g/mol. The molecule has 7 heteroatoms. The van der Waals surface area contributed by atoms with Gasteiger partial charge in [-0.15, -0.1) is 0 Å². The fourth-order valence-corrected chi connectivity index (χ4v) is 4.93. The summed E-state index contributed by atoms with van der Waals surface area (Å²) in [4.78, 5) is 54.0.